The molecular weight excluding hydrogens is 304 g/mol. The molecule has 2 rings (SSSR count). The van der Waals surface area contributed by atoms with Crippen molar-refractivity contribution in [2.75, 3.05) is 11.4 Å². The predicted molar refractivity (Wildman–Crippen MR) is 94.5 cm³/mol. The van der Waals surface area contributed by atoms with E-state index in [-0.39, 0.29) is 0 Å². The van der Waals surface area contributed by atoms with Gasteiger partial charge in [0, 0.05) is 12.7 Å². The number of carbonyl (C=O) groups is 1. The molecule has 2 aromatic heterocycles. The first-order valence-corrected chi connectivity index (χ1v) is 7.96. The Kier molecular flexibility index (Phi) is 5.39. The fourth-order valence-corrected chi connectivity index (χ4v) is 2.10. The summed E-state index contributed by atoms with van der Waals surface area (Å²) in [7, 11) is 0. The largest absolute Gasteiger partial charge is 0.443 e. The molecular formula is C18H24N4O2. The van der Waals surface area contributed by atoms with Crippen LogP contribution < -0.4 is 4.90 Å². The number of carbonyl (C=O) groups excluding carboxylic acids is 1. The van der Waals surface area contributed by atoms with Crippen molar-refractivity contribution in [2.24, 2.45) is 0 Å². The van der Waals surface area contributed by atoms with Crippen LogP contribution in [0.5, 0.6) is 0 Å². The monoisotopic (exact) mass is 328 g/mol. The lowest BCUT2D eigenvalue weighted by Crippen LogP contribution is -2.38. The summed E-state index contributed by atoms with van der Waals surface area (Å²) in [5.41, 5.74) is 1.72. The van der Waals surface area contributed by atoms with Crippen LogP contribution in [0.4, 0.5) is 10.5 Å². The third kappa shape index (κ3) is 4.01. The second-order valence-corrected chi connectivity index (χ2v) is 6.14. The zero-order valence-corrected chi connectivity index (χ0v) is 14.7. The Morgan fingerprint density at radius 1 is 1.50 bits per heavy atom. The molecule has 2 aromatic rings. The SMILES string of the molecule is C=CCN(C(=O)OC(C)(C)CC)c1cn(-c2cccnc2)nc1C. The predicted octanol–water partition coefficient (Wildman–Crippen LogP) is 3.89. The van der Waals surface area contributed by atoms with Crippen LogP contribution >= 0.6 is 0 Å². The molecule has 0 aliphatic rings. The van der Waals surface area contributed by atoms with E-state index in [1.54, 1.807) is 34.2 Å². The molecule has 2 heterocycles. The van der Waals surface area contributed by atoms with Crippen molar-refractivity contribution in [3.05, 3.63) is 49.1 Å². The summed E-state index contributed by atoms with van der Waals surface area (Å²) >= 11 is 0. The number of nitrogens with zero attached hydrogens (tertiary/aromatic N) is 4. The lowest BCUT2D eigenvalue weighted by Gasteiger charge is -2.28. The van der Waals surface area contributed by atoms with Gasteiger partial charge in [0.1, 0.15) is 5.60 Å². The fourth-order valence-electron chi connectivity index (χ4n) is 2.10. The second kappa shape index (κ2) is 7.29. The summed E-state index contributed by atoms with van der Waals surface area (Å²) < 4.78 is 7.32. The molecule has 6 nitrogen and oxygen atoms in total. The van der Waals surface area contributed by atoms with E-state index in [1.165, 1.54) is 0 Å². The first kappa shape index (κ1) is 17.7. The highest BCUT2D eigenvalue weighted by Crippen LogP contribution is 2.24. The number of aryl methyl sites for hydroxylation is 1. The maximum Gasteiger partial charge on any atom is 0.415 e. The molecule has 0 atom stereocenters. The quantitative estimate of drug-likeness (QED) is 0.755. The van der Waals surface area contributed by atoms with Crippen LogP contribution in [0.2, 0.25) is 0 Å². The number of aromatic nitrogens is 3. The topological polar surface area (TPSA) is 60.2 Å². The maximum atomic E-state index is 12.6. The van der Waals surface area contributed by atoms with Crippen molar-refractivity contribution in [3.8, 4) is 5.69 Å². The molecule has 0 saturated carbocycles. The van der Waals surface area contributed by atoms with E-state index < -0.39 is 11.7 Å². The van der Waals surface area contributed by atoms with Gasteiger partial charge >= 0.3 is 6.09 Å². The Hall–Kier alpha value is -2.63. The van der Waals surface area contributed by atoms with Crippen LogP contribution in [0, 0.1) is 6.92 Å². The van der Waals surface area contributed by atoms with Crippen LogP contribution in [0.15, 0.2) is 43.4 Å². The summed E-state index contributed by atoms with van der Waals surface area (Å²) in [5, 5.41) is 4.48. The Morgan fingerprint density at radius 2 is 2.25 bits per heavy atom. The van der Waals surface area contributed by atoms with Crippen LogP contribution in [-0.2, 0) is 4.74 Å². The van der Waals surface area contributed by atoms with E-state index in [0.29, 0.717) is 12.2 Å². The molecule has 1 amide bonds. The minimum atomic E-state index is -0.524. The number of rotatable bonds is 6. The zero-order chi connectivity index (χ0) is 17.7. The van der Waals surface area contributed by atoms with Gasteiger partial charge in [0.15, 0.2) is 0 Å². The Labute approximate surface area is 142 Å². The summed E-state index contributed by atoms with van der Waals surface area (Å²) in [6.45, 7) is 11.7. The molecule has 0 unspecified atom stereocenters. The van der Waals surface area contributed by atoms with Crippen LogP contribution in [0.25, 0.3) is 5.69 Å². The number of hydrogen-bond acceptors (Lipinski definition) is 4. The lowest BCUT2D eigenvalue weighted by atomic mass is 10.1. The summed E-state index contributed by atoms with van der Waals surface area (Å²) in [5.74, 6) is 0. The van der Waals surface area contributed by atoms with Gasteiger partial charge in [0.05, 0.1) is 29.5 Å². The minimum Gasteiger partial charge on any atom is -0.443 e. The average molecular weight is 328 g/mol. The van der Waals surface area contributed by atoms with Gasteiger partial charge < -0.3 is 4.74 Å². The molecule has 0 radical (unpaired) electrons. The highest BCUT2D eigenvalue weighted by atomic mass is 16.6. The molecule has 0 spiro atoms. The molecule has 0 aliphatic heterocycles. The Bertz CT molecular complexity index is 707. The summed E-state index contributed by atoms with van der Waals surface area (Å²) in [6.07, 6.45) is 7.21. The van der Waals surface area contributed by atoms with E-state index in [2.05, 4.69) is 16.7 Å². The molecule has 6 heteroatoms. The van der Waals surface area contributed by atoms with Crippen molar-refractivity contribution in [2.45, 2.75) is 39.7 Å². The molecule has 0 N–H and O–H groups in total. The van der Waals surface area contributed by atoms with E-state index in [4.69, 9.17) is 4.74 Å². The Morgan fingerprint density at radius 3 is 2.83 bits per heavy atom. The zero-order valence-electron chi connectivity index (χ0n) is 14.7. The van der Waals surface area contributed by atoms with Crippen LogP contribution in [0.3, 0.4) is 0 Å². The van der Waals surface area contributed by atoms with Crippen molar-refractivity contribution >= 4 is 11.8 Å². The second-order valence-electron chi connectivity index (χ2n) is 6.14. The first-order valence-electron chi connectivity index (χ1n) is 7.96. The number of hydrogen-bond donors (Lipinski definition) is 0. The molecule has 128 valence electrons. The number of ether oxygens (including phenoxy) is 1. The van der Waals surface area contributed by atoms with Gasteiger partial charge in [-0.2, -0.15) is 5.10 Å². The van der Waals surface area contributed by atoms with Crippen molar-refractivity contribution in [1.82, 2.24) is 14.8 Å². The van der Waals surface area contributed by atoms with Gasteiger partial charge in [0.2, 0.25) is 0 Å². The first-order chi connectivity index (χ1) is 11.4. The van der Waals surface area contributed by atoms with Crippen molar-refractivity contribution < 1.29 is 9.53 Å². The number of pyridine rings is 1. The summed E-state index contributed by atoms with van der Waals surface area (Å²) in [6, 6.07) is 3.74. The molecule has 0 saturated heterocycles. The van der Waals surface area contributed by atoms with Crippen LogP contribution in [-0.4, -0.2) is 33.0 Å². The van der Waals surface area contributed by atoms with E-state index in [1.807, 2.05) is 39.8 Å². The van der Waals surface area contributed by atoms with Gasteiger partial charge in [0.25, 0.3) is 0 Å². The van der Waals surface area contributed by atoms with Gasteiger partial charge in [-0.15, -0.1) is 6.58 Å². The van der Waals surface area contributed by atoms with E-state index in [0.717, 1.165) is 17.8 Å². The average Bonchev–Trinajstić information content (AvgIpc) is 2.94. The molecule has 0 bridgehead atoms. The fraction of sp³-hybridized carbons (Fsp3) is 0.389. The Balaban J connectivity index is 2.33. The van der Waals surface area contributed by atoms with Gasteiger partial charge in [-0.25, -0.2) is 9.48 Å². The third-order valence-electron chi connectivity index (χ3n) is 3.82. The summed E-state index contributed by atoms with van der Waals surface area (Å²) in [4.78, 5) is 18.2. The molecule has 0 aromatic carbocycles. The molecule has 0 aliphatic carbocycles. The van der Waals surface area contributed by atoms with Crippen LogP contribution in [0.1, 0.15) is 32.9 Å². The van der Waals surface area contributed by atoms with Crippen molar-refractivity contribution in [3.63, 3.8) is 0 Å². The highest BCUT2D eigenvalue weighted by molar-refractivity contribution is 5.88. The van der Waals surface area contributed by atoms with E-state index in [9.17, 15) is 4.79 Å². The number of anilines is 1. The standard InChI is InChI=1S/C18H24N4O2/c1-6-11-21(17(23)24-18(4,5)7-2)16-13-22(20-14(16)3)15-9-8-10-19-12-15/h6,8-10,12-13H,1,7,11H2,2-5H3. The molecule has 24 heavy (non-hydrogen) atoms. The minimum absolute atomic E-state index is 0.345. The van der Waals surface area contributed by atoms with Gasteiger partial charge in [-0.3, -0.25) is 9.88 Å². The molecule has 0 fully saturated rings. The number of amides is 1. The van der Waals surface area contributed by atoms with E-state index >= 15 is 0 Å². The van der Waals surface area contributed by atoms with Gasteiger partial charge in [-0.05, 0) is 39.3 Å². The highest BCUT2D eigenvalue weighted by Gasteiger charge is 2.27. The normalized spacial score (nSPS) is 11.2. The van der Waals surface area contributed by atoms with Crippen molar-refractivity contribution in [1.29, 1.82) is 0 Å². The third-order valence-corrected chi connectivity index (χ3v) is 3.82. The smallest absolute Gasteiger partial charge is 0.415 e. The van der Waals surface area contributed by atoms with Gasteiger partial charge in [-0.1, -0.05) is 13.0 Å². The maximum absolute atomic E-state index is 12.6. The lowest BCUT2D eigenvalue weighted by molar-refractivity contribution is 0.0415.